The number of piperidine rings is 1. The molecule has 5 heteroatoms. The molecule has 0 spiro atoms. The van der Waals surface area contributed by atoms with Crippen molar-refractivity contribution < 1.29 is 9.59 Å². The first-order valence-electron chi connectivity index (χ1n) is 6.61. The summed E-state index contributed by atoms with van der Waals surface area (Å²) < 4.78 is 0. The topological polar surface area (TPSA) is 66.6 Å². The zero-order valence-corrected chi connectivity index (χ0v) is 10.7. The first-order chi connectivity index (χ1) is 9.18. The monoisotopic (exact) mass is 259 g/mol. The summed E-state index contributed by atoms with van der Waals surface area (Å²) in [5.74, 6) is 0.138. The van der Waals surface area contributed by atoms with E-state index in [4.69, 9.17) is 5.73 Å². The van der Waals surface area contributed by atoms with Gasteiger partial charge < -0.3 is 15.5 Å². The number of amides is 3. The van der Waals surface area contributed by atoms with E-state index in [1.165, 1.54) is 0 Å². The Morgan fingerprint density at radius 3 is 2.58 bits per heavy atom. The zero-order valence-electron chi connectivity index (χ0n) is 10.7. The van der Waals surface area contributed by atoms with Gasteiger partial charge in [0.1, 0.15) is 0 Å². The van der Waals surface area contributed by atoms with Crippen LogP contribution in [0.2, 0.25) is 0 Å². The number of primary amides is 1. The standard InChI is InChI=1S/C14H17N3O2/c15-14(19)16-9-8-12-11(16)6-7-13(18)17(12)10-4-2-1-3-5-10/h1-5,11-12H,6-9H2,(H2,15,19)/t11-,12-/m0/s1. The second kappa shape index (κ2) is 4.57. The molecule has 2 saturated heterocycles. The predicted molar refractivity (Wildman–Crippen MR) is 71.6 cm³/mol. The van der Waals surface area contributed by atoms with Gasteiger partial charge in [0.2, 0.25) is 5.91 Å². The number of hydrogen-bond acceptors (Lipinski definition) is 2. The SMILES string of the molecule is NC(=O)N1CC[C@H]2[C@@H]1CCC(=O)N2c1ccccc1. The summed E-state index contributed by atoms with van der Waals surface area (Å²) in [7, 11) is 0. The molecule has 2 heterocycles. The number of rotatable bonds is 1. The molecule has 3 amide bonds. The molecule has 0 aliphatic carbocycles. The van der Waals surface area contributed by atoms with E-state index in [0.29, 0.717) is 13.0 Å². The maximum Gasteiger partial charge on any atom is 0.315 e. The Morgan fingerprint density at radius 2 is 1.89 bits per heavy atom. The molecule has 19 heavy (non-hydrogen) atoms. The van der Waals surface area contributed by atoms with Crippen LogP contribution in [0.1, 0.15) is 19.3 Å². The highest BCUT2D eigenvalue weighted by Gasteiger charge is 2.44. The van der Waals surface area contributed by atoms with E-state index in [9.17, 15) is 9.59 Å². The van der Waals surface area contributed by atoms with E-state index in [2.05, 4.69) is 0 Å². The van der Waals surface area contributed by atoms with Crippen molar-refractivity contribution in [1.82, 2.24) is 4.90 Å². The van der Waals surface area contributed by atoms with Crippen molar-refractivity contribution in [2.45, 2.75) is 31.3 Å². The Balaban J connectivity index is 1.92. The maximum absolute atomic E-state index is 12.2. The molecule has 0 bridgehead atoms. The molecule has 2 aliphatic rings. The molecule has 3 rings (SSSR count). The molecule has 1 aromatic carbocycles. The summed E-state index contributed by atoms with van der Waals surface area (Å²) in [4.78, 5) is 27.2. The Kier molecular flexibility index (Phi) is 2.89. The quantitative estimate of drug-likeness (QED) is 0.827. The van der Waals surface area contributed by atoms with Gasteiger partial charge in [-0.15, -0.1) is 0 Å². The summed E-state index contributed by atoms with van der Waals surface area (Å²) in [5.41, 5.74) is 6.32. The zero-order chi connectivity index (χ0) is 13.4. The summed E-state index contributed by atoms with van der Waals surface area (Å²) in [5, 5.41) is 0. The van der Waals surface area contributed by atoms with Crippen LogP contribution in [-0.4, -0.2) is 35.5 Å². The van der Waals surface area contributed by atoms with Crippen molar-refractivity contribution in [3.63, 3.8) is 0 Å². The number of para-hydroxylation sites is 1. The molecule has 0 radical (unpaired) electrons. The third-order valence-electron chi connectivity index (χ3n) is 4.08. The van der Waals surface area contributed by atoms with Crippen LogP contribution in [-0.2, 0) is 4.79 Å². The van der Waals surface area contributed by atoms with E-state index < -0.39 is 0 Å². The largest absolute Gasteiger partial charge is 0.351 e. The van der Waals surface area contributed by atoms with Crippen molar-refractivity contribution in [3.8, 4) is 0 Å². The third kappa shape index (κ3) is 1.95. The van der Waals surface area contributed by atoms with Crippen LogP contribution in [0.5, 0.6) is 0 Å². The Labute approximate surface area is 112 Å². The minimum absolute atomic E-state index is 0.0652. The Bertz CT molecular complexity index is 503. The normalized spacial score (nSPS) is 26.4. The van der Waals surface area contributed by atoms with Gasteiger partial charge in [0, 0.05) is 18.7 Å². The number of likely N-dealkylation sites (tertiary alicyclic amines) is 1. The van der Waals surface area contributed by atoms with Crippen molar-refractivity contribution >= 4 is 17.6 Å². The number of fused-ring (bicyclic) bond motifs is 1. The van der Waals surface area contributed by atoms with Crippen LogP contribution < -0.4 is 10.6 Å². The molecule has 2 atom stereocenters. The first-order valence-corrected chi connectivity index (χ1v) is 6.61. The lowest BCUT2D eigenvalue weighted by molar-refractivity contribution is -0.120. The second-order valence-corrected chi connectivity index (χ2v) is 5.09. The minimum atomic E-state index is -0.380. The number of carbonyl (C=O) groups excluding carboxylic acids is 2. The van der Waals surface area contributed by atoms with E-state index in [1.54, 1.807) is 4.90 Å². The molecular formula is C14H17N3O2. The van der Waals surface area contributed by atoms with E-state index in [0.717, 1.165) is 18.5 Å². The summed E-state index contributed by atoms with van der Waals surface area (Å²) >= 11 is 0. The van der Waals surface area contributed by atoms with Gasteiger partial charge in [0.15, 0.2) is 0 Å². The highest BCUT2D eigenvalue weighted by Crippen LogP contribution is 2.34. The minimum Gasteiger partial charge on any atom is -0.351 e. The van der Waals surface area contributed by atoms with Crippen molar-refractivity contribution in [2.24, 2.45) is 5.73 Å². The first kappa shape index (κ1) is 12.0. The van der Waals surface area contributed by atoms with E-state index in [1.807, 2.05) is 35.2 Å². The third-order valence-corrected chi connectivity index (χ3v) is 4.08. The Morgan fingerprint density at radius 1 is 1.16 bits per heavy atom. The molecule has 2 N–H and O–H groups in total. The van der Waals surface area contributed by atoms with Gasteiger partial charge in [0.05, 0.1) is 12.1 Å². The van der Waals surface area contributed by atoms with Gasteiger partial charge in [0.25, 0.3) is 0 Å². The number of urea groups is 1. The fourth-order valence-corrected chi connectivity index (χ4v) is 3.26. The van der Waals surface area contributed by atoms with Crippen LogP contribution in [0, 0.1) is 0 Å². The average molecular weight is 259 g/mol. The van der Waals surface area contributed by atoms with Crippen LogP contribution >= 0.6 is 0 Å². The van der Waals surface area contributed by atoms with Crippen LogP contribution in [0.25, 0.3) is 0 Å². The molecular weight excluding hydrogens is 242 g/mol. The van der Waals surface area contributed by atoms with Gasteiger partial charge in [-0.3, -0.25) is 4.79 Å². The fourth-order valence-electron chi connectivity index (χ4n) is 3.26. The number of nitrogens with zero attached hydrogens (tertiary/aromatic N) is 2. The number of hydrogen-bond donors (Lipinski definition) is 1. The highest BCUT2D eigenvalue weighted by atomic mass is 16.2. The van der Waals surface area contributed by atoms with Crippen LogP contribution in [0.3, 0.4) is 0 Å². The molecule has 100 valence electrons. The van der Waals surface area contributed by atoms with Gasteiger partial charge in [-0.1, -0.05) is 18.2 Å². The van der Waals surface area contributed by atoms with E-state index in [-0.39, 0.29) is 24.0 Å². The number of anilines is 1. The van der Waals surface area contributed by atoms with Gasteiger partial charge in [-0.05, 0) is 25.0 Å². The van der Waals surface area contributed by atoms with Crippen molar-refractivity contribution in [2.75, 3.05) is 11.4 Å². The average Bonchev–Trinajstić information content (AvgIpc) is 2.83. The molecule has 2 aliphatic heterocycles. The van der Waals surface area contributed by atoms with E-state index >= 15 is 0 Å². The van der Waals surface area contributed by atoms with Crippen LogP contribution in [0.15, 0.2) is 30.3 Å². The molecule has 2 fully saturated rings. The number of nitrogens with two attached hydrogens (primary N) is 1. The summed E-state index contributed by atoms with van der Waals surface area (Å²) in [6, 6.07) is 9.40. The van der Waals surface area contributed by atoms with Gasteiger partial charge in [-0.2, -0.15) is 0 Å². The van der Waals surface area contributed by atoms with Crippen LogP contribution in [0.4, 0.5) is 10.5 Å². The van der Waals surface area contributed by atoms with Crippen molar-refractivity contribution in [1.29, 1.82) is 0 Å². The lowest BCUT2D eigenvalue weighted by atomic mass is 9.95. The maximum atomic E-state index is 12.2. The molecule has 0 saturated carbocycles. The molecule has 0 unspecified atom stereocenters. The van der Waals surface area contributed by atoms with Gasteiger partial charge >= 0.3 is 6.03 Å². The fraction of sp³-hybridized carbons (Fsp3) is 0.429. The predicted octanol–water partition coefficient (Wildman–Crippen LogP) is 1.33. The number of benzene rings is 1. The summed E-state index contributed by atoms with van der Waals surface area (Å²) in [6.45, 7) is 0.640. The van der Waals surface area contributed by atoms with Crippen molar-refractivity contribution in [3.05, 3.63) is 30.3 Å². The smallest absolute Gasteiger partial charge is 0.315 e. The number of carbonyl (C=O) groups is 2. The Hall–Kier alpha value is -2.04. The molecule has 0 aromatic heterocycles. The summed E-state index contributed by atoms with van der Waals surface area (Å²) in [6.07, 6.45) is 1.99. The lowest BCUT2D eigenvalue weighted by Crippen LogP contribution is -2.54. The highest BCUT2D eigenvalue weighted by molar-refractivity contribution is 5.95. The van der Waals surface area contributed by atoms with Gasteiger partial charge in [-0.25, -0.2) is 4.79 Å². The molecule has 1 aromatic rings. The lowest BCUT2D eigenvalue weighted by Gasteiger charge is -2.39. The molecule has 5 nitrogen and oxygen atoms in total. The second-order valence-electron chi connectivity index (χ2n) is 5.09.